The zero-order valence-corrected chi connectivity index (χ0v) is 8.70. The van der Waals surface area contributed by atoms with Gasteiger partial charge in [0.05, 0.1) is 10.2 Å². The molecule has 78 valence electrons. The number of nitro groups is 1. The number of rotatable bonds is 3. The second-order valence-electron chi connectivity index (χ2n) is 3.36. The molecule has 1 aromatic rings. The Morgan fingerprint density at radius 2 is 2.00 bits per heavy atom. The summed E-state index contributed by atoms with van der Waals surface area (Å²) < 4.78 is 0. The summed E-state index contributed by atoms with van der Waals surface area (Å²) in [7, 11) is 0. The molecule has 1 atom stereocenters. The molecule has 5 heteroatoms. The molecule has 1 aliphatic carbocycles. The molecule has 0 heterocycles. The number of ketones is 1. The topological polar surface area (TPSA) is 60.2 Å². The van der Waals surface area contributed by atoms with Gasteiger partial charge in [0.2, 0.25) is 0 Å². The third kappa shape index (κ3) is 2.18. The fourth-order valence-electron chi connectivity index (χ4n) is 1.32. The van der Waals surface area contributed by atoms with Gasteiger partial charge in [0, 0.05) is 23.4 Å². The molecule has 1 aromatic carbocycles. The first kappa shape index (κ1) is 10.2. The van der Waals surface area contributed by atoms with Crippen molar-refractivity contribution in [1.29, 1.82) is 0 Å². The highest BCUT2D eigenvalue weighted by Gasteiger charge is 2.28. The van der Waals surface area contributed by atoms with Crippen molar-refractivity contribution >= 4 is 23.2 Å². The molecule has 1 fully saturated rings. The molecule has 2 rings (SSSR count). The van der Waals surface area contributed by atoms with E-state index >= 15 is 0 Å². The first-order chi connectivity index (χ1) is 7.16. The summed E-state index contributed by atoms with van der Waals surface area (Å²) in [6.07, 6.45) is 1.59. The highest BCUT2D eigenvalue weighted by atomic mass is 32.2. The lowest BCUT2D eigenvalue weighted by Gasteiger charge is -2.22. The number of non-ortho nitro benzene ring substituents is 1. The van der Waals surface area contributed by atoms with E-state index < -0.39 is 4.92 Å². The Labute approximate surface area is 90.8 Å². The lowest BCUT2D eigenvalue weighted by molar-refractivity contribution is -0.384. The van der Waals surface area contributed by atoms with Gasteiger partial charge in [0.25, 0.3) is 5.69 Å². The van der Waals surface area contributed by atoms with E-state index in [2.05, 4.69) is 0 Å². The van der Waals surface area contributed by atoms with Crippen LogP contribution in [0.4, 0.5) is 5.69 Å². The van der Waals surface area contributed by atoms with Crippen molar-refractivity contribution in [3.63, 3.8) is 0 Å². The standard InChI is InChI=1S/C10H9NO3S/c12-9-5-6-10(9)15-8-3-1-7(2-4-8)11(13)14/h1-4,10H,5-6H2. The van der Waals surface area contributed by atoms with E-state index in [0.717, 1.165) is 11.3 Å². The number of carbonyl (C=O) groups excluding carboxylic acids is 1. The van der Waals surface area contributed by atoms with E-state index in [-0.39, 0.29) is 16.7 Å². The van der Waals surface area contributed by atoms with Gasteiger partial charge in [-0.2, -0.15) is 0 Å². The molecule has 0 aromatic heterocycles. The summed E-state index contributed by atoms with van der Waals surface area (Å²) in [6, 6.07) is 6.31. The maximum Gasteiger partial charge on any atom is 0.269 e. The largest absolute Gasteiger partial charge is 0.298 e. The van der Waals surface area contributed by atoms with Crippen molar-refractivity contribution in [3.8, 4) is 0 Å². The molecule has 0 saturated heterocycles. The van der Waals surface area contributed by atoms with Crippen molar-refractivity contribution < 1.29 is 9.72 Å². The van der Waals surface area contributed by atoms with Gasteiger partial charge in [-0.05, 0) is 18.6 Å². The summed E-state index contributed by atoms with van der Waals surface area (Å²) in [5, 5.41) is 10.5. The van der Waals surface area contributed by atoms with Gasteiger partial charge < -0.3 is 0 Å². The minimum Gasteiger partial charge on any atom is -0.298 e. The van der Waals surface area contributed by atoms with E-state index in [1.807, 2.05) is 0 Å². The van der Waals surface area contributed by atoms with Crippen LogP contribution in [0.5, 0.6) is 0 Å². The van der Waals surface area contributed by atoms with Crippen molar-refractivity contribution in [2.45, 2.75) is 23.0 Å². The Morgan fingerprint density at radius 3 is 2.40 bits per heavy atom. The van der Waals surface area contributed by atoms with Crippen LogP contribution in [0.2, 0.25) is 0 Å². The number of nitro benzene ring substituents is 1. The summed E-state index contributed by atoms with van der Waals surface area (Å²) in [6.45, 7) is 0. The zero-order chi connectivity index (χ0) is 10.8. The van der Waals surface area contributed by atoms with Crippen LogP contribution in [0.15, 0.2) is 29.2 Å². The van der Waals surface area contributed by atoms with Crippen LogP contribution in [0.3, 0.4) is 0 Å². The number of thioether (sulfide) groups is 1. The number of carbonyl (C=O) groups is 1. The second-order valence-corrected chi connectivity index (χ2v) is 4.64. The predicted molar refractivity (Wildman–Crippen MR) is 57.0 cm³/mol. The molecule has 1 aliphatic rings. The molecule has 0 bridgehead atoms. The third-order valence-corrected chi connectivity index (χ3v) is 3.67. The van der Waals surface area contributed by atoms with Gasteiger partial charge in [0.15, 0.2) is 0 Å². The van der Waals surface area contributed by atoms with E-state index in [1.54, 1.807) is 12.1 Å². The van der Waals surface area contributed by atoms with Crippen LogP contribution in [0.25, 0.3) is 0 Å². The Hall–Kier alpha value is -1.36. The molecular formula is C10H9NO3S. The first-order valence-corrected chi connectivity index (χ1v) is 5.48. The van der Waals surface area contributed by atoms with Gasteiger partial charge in [-0.25, -0.2) is 0 Å². The van der Waals surface area contributed by atoms with E-state index in [4.69, 9.17) is 0 Å². The minimum atomic E-state index is -0.428. The average molecular weight is 223 g/mol. The molecule has 0 radical (unpaired) electrons. The second kappa shape index (κ2) is 4.02. The average Bonchev–Trinajstić information content (AvgIpc) is 2.24. The summed E-state index contributed by atoms with van der Waals surface area (Å²) in [5.74, 6) is 0.276. The summed E-state index contributed by atoms with van der Waals surface area (Å²) in [5.41, 5.74) is 0.0827. The summed E-state index contributed by atoms with van der Waals surface area (Å²) >= 11 is 1.49. The normalized spacial score (nSPS) is 19.7. The highest BCUT2D eigenvalue weighted by Crippen LogP contribution is 2.34. The van der Waals surface area contributed by atoms with Crippen LogP contribution in [0, 0.1) is 10.1 Å². The minimum absolute atomic E-state index is 0.0615. The quantitative estimate of drug-likeness (QED) is 0.583. The first-order valence-electron chi connectivity index (χ1n) is 4.60. The van der Waals surface area contributed by atoms with Crippen LogP contribution in [-0.4, -0.2) is 16.0 Å². The number of benzene rings is 1. The van der Waals surface area contributed by atoms with Crippen LogP contribution in [-0.2, 0) is 4.79 Å². The van der Waals surface area contributed by atoms with Crippen LogP contribution < -0.4 is 0 Å². The lowest BCUT2D eigenvalue weighted by Crippen LogP contribution is -2.27. The SMILES string of the molecule is O=C1CCC1Sc1ccc([N+](=O)[O-])cc1. The van der Waals surface area contributed by atoms with Gasteiger partial charge in [0.1, 0.15) is 5.78 Å². The van der Waals surface area contributed by atoms with Crippen LogP contribution in [0.1, 0.15) is 12.8 Å². The predicted octanol–water partition coefficient (Wildman–Crippen LogP) is 2.42. The molecule has 0 aliphatic heterocycles. The molecule has 15 heavy (non-hydrogen) atoms. The Kier molecular flexibility index (Phi) is 2.73. The van der Waals surface area contributed by atoms with E-state index in [9.17, 15) is 14.9 Å². The van der Waals surface area contributed by atoms with Gasteiger partial charge in [-0.3, -0.25) is 14.9 Å². The van der Waals surface area contributed by atoms with Crippen molar-refractivity contribution in [2.75, 3.05) is 0 Å². The molecule has 1 saturated carbocycles. The molecule has 0 amide bonds. The maximum atomic E-state index is 11.1. The number of hydrogen-bond donors (Lipinski definition) is 0. The fraction of sp³-hybridized carbons (Fsp3) is 0.300. The number of hydrogen-bond acceptors (Lipinski definition) is 4. The Bertz CT molecular complexity index is 402. The smallest absolute Gasteiger partial charge is 0.269 e. The molecule has 0 N–H and O–H groups in total. The van der Waals surface area contributed by atoms with Gasteiger partial charge >= 0.3 is 0 Å². The highest BCUT2D eigenvalue weighted by molar-refractivity contribution is 8.00. The molecule has 1 unspecified atom stereocenters. The van der Waals surface area contributed by atoms with E-state index in [0.29, 0.717) is 6.42 Å². The Morgan fingerprint density at radius 1 is 1.33 bits per heavy atom. The van der Waals surface area contributed by atoms with Crippen LogP contribution >= 0.6 is 11.8 Å². The van der Waals surface area contributed by atoms with Crippen molar-refractivity contribution in [1.82, 2.24) is 0 Å². The van der Waals surface area contributed by atoms with Gasteiger partial charge in [-0.15, -0.1) is 11.8 Å². The zero-order valence-electron chi connectivity index (χ0n) is 7.88. The van der Waals surface area contributed by atoms with Crippen molar-refractivity contribution in [2.24, 2.45) is 0 Å². The van der Waals surface area contributed by atoms with Gasteiger partial charge in [-0.1, -0.05) is 0 Å². The van der Waals surface area contributed by atoms with E-state index in [1.165, 1.54) is 23.9 Å². The Balaban J connectivity index is 2.04. The number of Topliss-reactive ketones (excluding diaryl/α,β-unsaturated/α-hetero) is 1. The fourth-order valence-corrected chi connectivity index (χ4v) is 2.42. The lowest BCUT2D eigenvalue weighted by atomic mass is 9.98. The number of nitrogens with zero attached hydrogens (tertiary/aromatic N) is 1. The monoisotopic (exact) mass is 223 g/mol. The third-order valence-electron chi connectivity index (χ3n) is 2.34. The van der Waals surface area contributed by atoms with Crippen molar-refractivity contribution in [3.05, 3.63) is 34.4 Å². The molecule has 0 spiro atoms. The summed E-state index contributed by atoms with van der Waals surface area (Å²) in [4.78, 5) is 22.0. The molecule has 4 nitrogen and oxygen atoms in total. The maximum absolute atomic E-state index is 11.1. The molecular weight excluding hydrogens is 214 g/mol.